The molecule has 3 rings (SSSR count). The van der Waals surface area contributed by atoms with E-state index >= 15 is 0 Å². The predicted octanol–water partition coefficient (Wildman–Crippen LogP) is 6.72. The third-order valence-corrected chi connectivity index (χ3v) is 5.52. The van der Waals surface area contributed by atoms with Crippen LogP contribution < -0.4 is 0 Å². The number of hydrogen-bond donors (Lipinski definition) is 0. The monoisotopic (exact) mass is 349 g/mol. The average molecular weight is 350 g/mol. The molecule has 0 N–H and O–H groups in total. The van der Waals surface area contributed by atoms with Crippen molar-refractivity contribution >= 4 is 11.6 Å². The van der Waals surface area contributed by atoms with Crippen LogP contribution in [0.4, 0.5) is 0 Å². The van der Waals surface area contributed by atoms with Crippen LogP contribution in [0.25, 0.3) is 11.1 Å². The molecule has 25 heavy (non-hydrogen) atoms. The molecule has 1 nitrogen and oxygen atoms in total. The largest absolute Gasteiger partial charge is 0.192 e. The summed E-state index contributed by atoms with van der Waals surface area (Å²) in [6.07, 6.45) is 9.82. The van der Waals surface area contributed by atoms with Gasteiger partial charge in [0.1, 0.15) is 0 Å². The molecule has 2 heteroatoms. The van der Waals surface area contributed by atoms with Gasteiger partial charge in [0.25, 0.3) is 0 Å². The van der Waals surface area contributed by atoms with Crippen LogP contribution in [0.3, 0.4) is 0 Å². The second-order valence-electron chi connectivity index (χ2n) is 7.02. The van der Waals surface area contributed by atoms with Crippen molar-refractivity contribution in [2.75, 3.05) is 0 Å². The molecule has 1 aliphatic carbocycles. The van der Waals surface area contributed by atoms with E-state index in [-0.39, 0.29) is 0 Å². The minimum atomic E-state index is 0.695. The number of halogens is 1. The van der Waals surface area contributed by atoms with Gasteiger partial charge in [0, 0.05) is 5.54 Å². The maximum absolute atomic E-state index is 8.88. The van der Waals surface area contributed by atoms with Crippen molar-refractivity contribution in [2.45, 2.75) is 38.5 Å². The summed E-state index contributed by atoms with van der Waals surface area (Å²) in [6, 6.07) is 18.8. The van der Waals surface area contributed by atoms with Crippen LogP contribution >= 0.6 is 11.6 Å². The first-order valence-corrected chi connectivity index (χ1v) is 9.58. The van der Waals surface area contributed by atoms with Crippen molar-refractivity contribution in [3.8, 4) is 17.2 Å². The number of hydrogen-bond acceptors (Lipinski definition) is 1. The number of allylic oxidation sites excluding steroid dienone is 1. The van der Waals surface area contributed by atoms with Gasteiger partial charge in [-0.15, -0.1) is 0 Å². The molecular weight excluding hydrogens is 326 g/mol. The highest BCUT2D eigenvalue weighted by atomic mass is 35.5. The Morgan fingerprint density at radius 2 is 1.52 bits per heavy atom. The molecule has 1 saturated carbocycles. The van der Waals surface area contributed by atoms with Crippen LogP contribution in [0.15, 0.2) is 60.1 Å². The molecule has 0 atom stereocenters. The smallest absolute Gasteiger partial charge is 0.0991 e. The molecule has 0 unspecified atom stereocenters. The number of aryl methyl sites for hydroxylation is 1. The molecule has 0 bridgehead atoms. The zero-order valence-electron chi connectivity index (χ0n) is 14.5. The van der Waals surface area contributed by atoms with E-state index in [1.807, 2.05) is 24.3 Å². The lowest BCUT2D eigenvalue weighted by Crippen LogP contribution is -2.13. The zero-order chi connectivity index (χ0) is 17.5. The van der Waals surface area contributed by atoms with Crippen LogP contribution in [0, 0.1) is 23.2 Å². The van der Waals surface area contributed by atoms with E-state index in [1.54, 1.807) is 5.54 Å². The Bertz CT molecular complexity index is 729. The van der Waals surface area contributed by atoms with Gasteiger partial charge in [0.05, 0.1) is 11.6 Å². The van der Waals surface area contributed by atoms with E-state index in [9.17, 15) is 0 Å². The van der Waals surface area contributed by atoms with E-state index in [2.05, 4.69) is 36.4 Å². The molecule has 0 amide bonds. The Kier molecular flexibility index (Phi) is 6.31. The van der Waals surface area contributed by atoms with Gasteiger partial charge in [-0.1, -0.05) is 54.1 Å². The first-order chi connectivity index (χ1) is 12.3. The second-order valence-corrected chi connectivity index (χ2v) is 7.28. The average Bonchev–Trinajstić information content (AvgIpc) is 2.68. The number of rotatable bonds is 5. The van der Waals surface area contributed by atoms with Crippen LogP contribution in [0.1, 0.15) is 43.2 Å². The molecule has 0 saturated heterocycles. The van der Waals surface area contributed by atoms with Crippen molar-refractivity contribution in [1.29, 1.82) is 5.26 Å². The van der Waals surface area contributed by atoms with Crippen molar-refractivity contribution in [1.82, 2.24) is 0 Å². The summed E-state index contributed by atoms with van der Waals surface area (Å²) in [5, 5.41) is 8.88. The van der Waals surface area contributed by atoms with Gasteiger partial charge in [0.2, 0.25) is 0 Å². The number of benzene rings is 2. The maximum Gasteiger partial charge on any atom is 0.0991 e. The van der Waals surface area contributed by atoms with Gasteiger partial charge in [-0.25, -0.2) is 0 Å². The fourth-order valence-electron chi connectivity index (χ4n) is 3.74. The SMILES string of the molecule is N#Cc1ccc(-c2ccc(CCC3CCC(C=CCl)CC3)cc2)cc1. The van der Waals surface area contributed by atoms with Crippen LogP contribution in [0.2, 0.25) is 0 Å². The summed E-state index contributed by atoms with van der Waals surface area (Å²) in [6.45, 7) is 0. The molecule has 0 aliphatic heterocycles. The van der Waals surface area contributed by atoms with Crippen molar-refractivity contribution in [2.24, 2.45) is 11.8 Å². The van der Waals surface area contributed by atoms with Gasteiger partial charge < -0.3 is 0 Å². The van der Waals surface area contributed by atoms with Crippen molar-refractivity contribution in [3.05, 3.63) is 71.3 Å². The molecular formula is C23H24ClN. The highest BCUT2D eigenvalue weighted by molar-refractivity contribution is 6.25. The van der Waals surface area contributed by atoms with Gasteiger partial charge in [-0.3, -0.25) is 0 Å². The fourth-order valence-corrected chi connectivity index (χ4v) is 3.95. The third-order valence-electron chi connectivity index (χ3n) is 5.38. The summed E-state index contributed by atoms with van der Waals surface area (Å²) in [5.41, 5.74) is 6.18. The fraction of sp³-hybridized carbons (Fsp3) is 0.348. The molecule has 2 aromatic rings. The molecule has 0 spiro atoms. The predicted molar refractivity (Wildman–Crippen MR) is 105 cm³/mol. The summed E-state index contributed by atoms with van der Waals surface area (Å²) in [4.78, 5) is 0. The molecule has 0 aromatic heterocycles. The highest BCUT2D eigenvalue weighted by Gasteiger charge is 2.19. The first-order valence-electron chi connectivity index (χ1n) is 9.15. The number of nitrogens with zero attached hydrogens (tertiary/aromatic N) is 1. The van der Waals surface area contributed by atoms with Gasteiger partial charge in [0.15, 0.2) is 0 Å². The van der Waals surface area contributed by atoms with Gasteiger partial charge in [-0.05, 0) is 79.2 Å². The Hall–Kier alpha value is -2.04. The zero-order valence-corrected chi connectivity index (χ0v) is 15.3. The summed E-state index contributed by atoms with van der Waals surface area (Å²) < 4.78 is 0. The van der Waals surface area contributed by atoms with Crippen molar-refractivity contribution < 1.29 is 0 Å². The minimum Gasteiger partial charge on any atom is -0.192 e. The Labute approximate surface area is 156 Å². The van der Waals surface area contributed by atoms with Gasteiger partial charge in [-0.2, -0.15) is 5.26 Å². The number of nitriles is 1. The van der Waals surface area contributed by atoms with Crippen LogP contribution in [-0.2, 0) is 6.42 Å². The quantitative estimate of drug-likeness (QED) is 0.588. The van der Waals surface area contributed by atoms with Crippen LogP contribution in [0.5, 0.6) is 0 Å². The van der Waals surface area contributed by atoms with Crippen LogP contribution in [-0.4, -0.2) is 0 Å². The second kappa shape index (κ2) is 8.88. The Balaban J connectivity index is 1.52. The highest BCUT2D eigenvalue weighted by Crippen LogP contribution is 2.32. The van der Waals surface area contributed by atoms with E-state index in [4.69, 9.17) is 16.9 Å². The van der Waals surface area contributed by atoms with Gasteiger partial charge >= 0.3 is 0 Å². The van der Waals surface area contributed by atoms with E-state index in [0.717, 1.165) is 17.9 Å². The standard InChI is InChI=1S/C23H24ClN/c24-16-15-20-5-3-18(4-6-20)1-2-19-7-11-22(12-8-19)23-13-9-21(17-25)10-14-23/h7-16,18,20H,1-6H2. The molecule has 1 fully saturated rings. The Morgan fingerprint density at radius 3 is 2.08 bits per heavy atom. The lowest BCUT2D eigenvalue weighted by molar-refractivity contribution is 0.296. The normalized spacial score (nSPS) is 20.5. The summed E-state index contributed by atoms with van der Waals surface area (Å²) >= 11 is 5.69. The maximum atomic E-state index is 8.88. The first kappa shape index (κ1) is 17.8. The summed E-state index contributed by atoms with van der Waals surface area (Å²) in [7, 11) is 0. The molecule has 1 aliphatic rings. The molecule has 2 aromatic carbocycles. The topological polar surface area (TPSA) is 23.8 Å². The lowest BCUT2D eigenvalue weighted by Gasteiger charge is -2.26. The molecule has 0 radical (unpaired) electrons. The molecule has 0 heterocycles. The van der Waals surface area contributed by atoms with Crippen molar-refractivity contribution in [3.63, 3.8) is 0 Å². The Morgan fingerprint density at radius 1 is 0.920 bits per heavy atom. The lowest BCUT2D eigenvalue weighted by atomic mass is 9.79. The molecule has 128 valence electrons. The third kappa shape index (κ3) is 4.97. The van der Waals surface area contributed by atoms with E-state index < -0.39 is 0 Å². The minimum absolute atomic E-state index is 0.695. The van der Waals surface area contributed by atoms with E-state index in [0.29, 0.717) is 11.5 Å². The summed E-state index contributed by atoms with van der Waals surface area (Å²) in [5.74, 6) is 1.55. The van der Waals surface area contributed by atoms with E-state index in [1.165, 1.54) is 43.2 Å².